The molecule has 0 aliphatic carbocycles. The van der Waals surface area contributed by atoms with Gasteiger partial charge >= 0.3 is 17.9 Å². The van der Waals surface area contributed by atoms with Crippen LogP contribution in [-0.2, 0) is 28.6 Å². The highest BCUT2D eigenvalue weighted by Gasteiger charge is 2.19. The Morgan fingerprint density at radius 1 is 0.266 bits per heavy atom. The van der Waals surface area contributed by atoms with Gasteiger partial charge in [-0.15, -0.1) is 0 Å². The number of allylic oxidation sites excluding steroid dienone is 10. The van der Waals surface area contributed by atoms with Crippen molar-refractivity contribution in [2.75, 3.05) is 13.2 Å². The average Bonchev–Trinajstić information content (AvgIpc) is 3.45. The predicted octanol–water partition coefficient (Wildman–Crippen LogP) is 23.9. The summed E-state index contributed by atoms with van der Waals surface area (Å²) in [7, 11) is 0. The Labute approximate surface area is 491 Å². The maximum absolute atomic E-state index is 12.9. The van der Waals surface area contributed by atoms with Crippen LogP contribution in [0.25, 0.3) is 0 Å². The summed E-state index contributed by atoms with van der Waals surface area (Å²) in [5.74, 6) is -0.856. The zero-order valence-electron chi connectivity index (χ0n) is 52.9. The van der Waals surface area contributed by atoms with Gasteiger partial charge in [0, 0.05) is 19.3 Å². The Morgan fingerprint density at radius 2 is 0.506 bits per heavy atom. The third kappa shape index (κ3) is 65.8. The number of esters is 3. The standard InChI is InChI=1S/C73H132O6/c1-4-7-10-13-16-19-22-24-26-27-28-29-30-31-32-33-34-35-36-37-38-39-40-41-42-43-44-45-47-48-51-54-57-60-63-66-72(75)78-69-70(68-77-71(74)65-62-59-56-53-50-21-18-15-12-9-6-3)79-73(76)67-64-61-58-55-52-49-46-25-23-20-17-14-11-8-5-2/h7,10,15-16,18-19,24,26,28-29,70H,4-6,8-9,11-14,17,20-23,25,27,30-69H2,1-3H3/b10-7-,18-15-,19-16-,26-24-,29-28-. The molecule has 0 amide bonds. The summed E-state index contributed by atoms with van der Waals surface area (Å²) in [4.78, 5) is 38.3. The molecule has 79 heavy (non-hydrogen) atoms. The van der Waals surface area contributed by atoms with Crippen LogP contribution >= 0.6 is 0 Å². The molecule has 0 aromatic rings. The molecule has 0 fully saturated rings. The molecule has 460 valence electrons. The fraction of sp³-hybridized carbons (Fsp3) is 0.822. The van der Waals surface area contributed by atoms with Gasteiger partial charge in [0.25, 0.3) is 0 Å². The van der Waals surface area contributed by atoms with Gasteiger partial charge in [-0.1, -0.05) is 332 Å². The fourth-order valence-corrected chi connectivity index (χ4v) is 10.3. The minimum atomic E-state index is -0.772. The molecule has 0 aliphatic rings. The smallest absolute Gasteiger partial charge is 0.306 e. The van der Waals surface area contributed by atoms with Gasteiger partial charge in [-0.3, -0.25) is 14.4 Å². The summed E-state index contributed by atoms with van der Waals surface area (Å²) in [6, 6.07) is 0. The first-order valence-electron chi connectivity index (χ1n) is 34.8. The van der Waals surface area contributed by atoms with Gasteiger partial charge in [0.2, 0.25) is 0 Å². The van der Waals surface area contributed by atoms with Crippen LogP contribution in [0.15, 0.2) is 60.8 Å². The summed E-state index contributed by atoms with van der Waals surface area (Å²) in [5.41, 5.74) is 0. The van der Waals surface area contributed by atoms with Crippen molar-refractivity contribution in [3.05, 3.63) is 60.8 Å². The van der Waals surface area contributed by atoms with Gasteiger partial charge in [0.1, 0.15) is 13.2 Å². The molecular formula is C73H132O6. The maximum Gasteiger partial charge on any atom is 0.306 e. The minimum Gasteiger partial charge on any atom is -0.462 e. The quantitative estimate of drug-likeness (QED) is 0.0261. The van der Waals surface area contributed by atoms with Gasteiger partial charge in [-0.05, 0) is 77.0 Å². The molecule has 0 saturated heterocycles. The molecule has 0 N–H and O–H groups in total. The van der Waals surface area contributed by atoms with Gasteiger partial charge < -0.3 is 14.2 Å². The highest BCUT2D eigenvalue weighted by molar-refractivity contribution is 5.71. The zero-order chi connectivity index (χ0) is 57.1. The zero-order valence-corrected chi connectivity index (χ0v) is 52.9. The van der Waals surface area contributed by atoms with E-state index in [1.54, 1.807) is 0 Å². The van der Waals surface area contributed by atoms with Crippen LogP contribution in [0.3, 0.4) is 0 Å². The van der Waals surface area contributed by atoms with E-state index < -0.39 is 6.10 Å². The summed E-state index contributed by atoms with van der Waals surface area (Å²) in [6.45, 7) is 6.54. The molecule has 0 aromatic heterocycles. The number of hydrogen-bond donors (Lipinski definition) is 0. The van der Waals surface area contributed by atoms with Crippen LogP contribution in [0.4, 0.5) is 0 Å². The number of rotatable bonds is 64. The lowest BCUT2D eigenvalue weighted by Gasteiger charge is -2.18. The average molecular weight is 1110 g/mol. The van der Waals surface area contributed by atoms with E-state index in [1.165, 1.54) is 238 Å². The fourth-order valence-electron chi connectivity index (χ4n) is 10.3. The van der Waals surface area contributed by atoms with Gasteiger partial charge in [-0.25, -0.2) is 0 Å². The summed E-state index contributed by atoms with van der Waals surface area (Å²) < 4.78 is 16.9. The Balaban J connectivity index is 4.02. The van der Waals surface area contributed by atoms with Crippen molar-refractivity contribution in [3.63, 3.8) is 0 Å². The van der Waals surface area contributed by atoms with Crippen molar-refractivity contribution in [2.45, 2.75) is 374 Å². The highest BCUT2D eigenvalue weighted by atomic mass is 16.6. The molecule has 0 bridgehead atoms. The van der Waals surface area contributed by atoms with E-state index in [-0.39, 0.29) is 31.1 Å². The van der Waals surface area contributed by atoms with E-state index in [1.807, 2.05) is 0 Å². The number of carbonyl (C=O) groups is 3. The van der Waals surface area contributed by atoms with Crippen molar-refractivity contribution < 1.29 is 28.6 Å². The van der Waals surface area contributed by atoms with Crippen LogP contribution in [-0.4, -0.2) is 37.2 Å². The Kier molecular flexibility index (Phi) is 65.1. The number of carbonyl (C=O) groups excluding carboxylic acids is 3. The SMILES string of the molecule is CC/C=C\C/C=C\C/C=C\C/C=C\CCCCCCCCCCCCCCCCCCCCCCCCC(=O)OCC(COC(=O)CCCCCCC/C=C\CCCC)OC(=O)CCCCCCCCCCCCCCCCC. The molecule has 1 unspecified atom stereocenters. The maximum atomic E-state index is 12.9. The summed E-state index contributed by atoms with van der Waals surface area (Å²) >= 11 is 0. The summed E-state index contributed by atoms with van der Waals surface area (Å²) in [5, 5.41) is 0. The van der Waals surface area contributed by atoms with Crippen LogP contribution in [0.1, 0.15) is 367 Å². The second kappa shape index (κ2) is 67.6. The number of hydrogen-bond acceptors (Lipinski definition) is 6. The van der Waals surface area contributed by atoms with Crippen LogP contribution in [0.2, 0.25) is 0 Å². The first-order chi connectivity index (χ1) is 39.0. The number of ether oxygens (including phenoxy) is 3. The van der Waals surface area contributed by atoms with Crippen LogP contribution < -0.4 is 0 Å². The third-order valence-corrected chi connectivity index (χ3v) is 15.5. The molecule has 6 heteroatoms. The first-order valence-corrected chi connectivity index (χ1v) is 34.8. The Hall–Kier alpha value is -2.89. The van der Waals surface area contributed by atoms with E-state index in [9.17, 15) is 14.4 Å². The van der Waals surface area contributed by atoms with E-state index in [0.29, 0.717) is 19.3 Å². The van der Waals surface area contributed by atoms with Crippen molar-refractivity contribution >= 4 is 17.9 Å². The molecule has 0 aliphatic heterocycles. The van der Waals surface area contributed by atoms with Crippen molar-refractivity contribution in [1.82, 2.24) is 0 Å². The molecule has 0 rings (SSSR count). The molecule has 0 heterocycles. The Bertz CT molecular complexity index is 1410. The van der Waals surface area contributed by atoms with Gasteiger partial charge in [-0.2, -0.15) is 0 Å². The lowest BCUT2D eigenvalue weighted by Crippen LogP contribution is -2.30. The van der Waals surface area contributed by atoms with Gasteiger partial charge in [0.15, 0.2) is 6.10 Å². The van der Waals surface area contributed by atoms with Gasteiger partial charge in [0.05, 0.1) is 0 Å². The normalized spacial score (nSPS) is 12.4. The van der Waals surface area contributed by atoms with Crippen LogP contribution in [0.5, 0.6) is 0 Å². The topological polar surface area (TPSA) is 78.9 Å². The van der Waals surface area contributed by atoms with Crippen LogP contribution in [0, 0.1) is 0 Å². The second-order valence-corrected chi connectivity index (χ2v) is 23.4. The minimum absolute atomic E-state index is 0.0700. The molecule has 0 spiro atoms. The first kappa shape index (κ1) is 76.1. The lowest BCUT2D eigenvalue weighted by molar-refractivity contribution is -0.167. The van der Waals surface area contributed by atoms with Crippen molar-refractivity contribution in [2.24, 2.45) is 0 Å². The van der Waals surface area contributed by atoms with E-state index >= 15 is 0 Å². The third-order valence-electron chi connectivity index (χ3n) is 15.5. The molecule has 0 saturated carbocycles. The Morgan fingerprint density at radius 3 is 0.823 bits per heavy atom. The van der Waals surface area contributed by atoms with E-state index in [2.05, 4.69) is 81.5 Å². The predicted molar refractivity (Wildman–Crippen MR) is 344 cm³/mol. The molecule has 0 aromatic carbocycles. The van der Waals surface area contributed by atoms with E-state index in [4.69, 9.17) is 14.2 Å². The van der Waals surface area contributed by atoms with E-state index in [0.717, 1.165) is 89.9 Å². The van der Waals surface area contributed by atoms with Crippen molar-refractivity contribution in [3.8, 4) is 0 Å². The lowest BCUT2D eigenvalue weighted by atomic mass is 10.0. The van der Waals surface area contributed by atoms with Crippen molar-refractivity contribution in [1.29, 1.82) is 0 Å². The largest absolute Gasteiger partial charge is 0.462 e. The highest BCUT2D eigenvalue weighted by Crippen LogP contribution is 2.18. The second-order valence-electron chi connectivity index (χ2n) is 23.4. The molecule has 1 atom stereocenters. The molecular weight excluding hydrogens is 973 g/mol. The monoisotopic (exact) mass is 1110 g/mol. The number of unbranched alkanes of at least 4 members (excludes halogenated alkanes) is 43. The summed E-state index contributed by atoms with van der Waals surface area (Å²) in [6.07, 6.45) is 87.0. The molecule has 6 nitrogen and oxygen atoms in total. The molecule has 0 radical (unpaired) electrons.